The summed E-state index contributed by atoms with van der Waals surface area (Å²) in [6, 6.07) is 12.7. The Labute approximate surface area is 284 Å². The number of nitrogens with zero attached hydrogens (tertiary/aromatic N) is 1. The molecule has 0 bridgehead atoms. The largest absolute Gasteiger partial charge is 0.491 e. The number of rotatable bonds is 13. The average Bonchev–Trinajstić information content (AvgIpc) is 3.22. The van der Waals surface area contributed by atoms with Crippen LogP contribution in [0.1, 0.15) is 56.4 Å². The van der Waals surface area contributed by atoms with Crippen LogP contribution in [0.5, 0.6) is 17.2 Å². The minimum atomic E-state index is -5.89. The second kappa shape index (κ2) is 14.5. The first-order valence-electron chi connectivity index (χ1n) is 15.1. The lowest BCUT2D eigenvalue weighted by molar-refractivity contribution is -0.400. The van der Waals surface area contributed by atoms with Crippen LogP contribution in [0.15, 0.2) is 60.7 Å². The molecule has 0 radical (unpaired) electrons. The lowest BCUT2D eigenvalue weighted by atomic mass is 9.89. The van der Waals surface area contributed by atoms with Gasteiger partial charge in [-0.2, -0.15) is 26.3 Å². The van der Waals surface area contributed by atoms with Gasteiger partial charge in [0.2, 0.25) is 0 Å². The predicted molar refractivity (Wildman–Crippen MR) is 167 cm³/mol. The zero-order valence-corrected chi connectivity index (χ0v) is 28.0. The van der Waals surface area contributed by atoms with Crippen LogP contribution in [-0.2, 0) is 38.4 Å². The summed E-state index contributed by atoms with van der Waals surface area (Å²) in [7, 11) is 0.907. The maximum absolute atomic E-state index is 14.1. The zero-order chi connectivity index (χ0) is 36.4. The van der Waals surface area contributed by atoms with Crippen LogP contribution in [-0.4, -0.2) is 49.2 Å². The molecule has 1 aliphatic heterocycles. The molecule has 0 aromatic heterocycles. The summed E-state index contributed by atoms with van der Waals surface area (Å²) in [5.41, 5.74) is -6.38. The number of urea groups is 1. The summed E-state index contributed by atoms with van der Waals surface area (Å²) < 4.78 is 105. The Morgan fingerprint density at radius 3 is 2.10 bits per heavy atom. The number of benzene rings is 3. The number of halogens is 7. The third-order valence-corrected chi connectivity index (χ3v) is 8.20. The number of aryl methyl sites for hydroxylation is 1. The van der Waals surface area contributed by atoms with E-state index in [0.29, 0.717) is 29.4 Å². The van der Waals surface area contributed by atoms with E-state index in [4.69, 9.17) is 21.1 Å². The molecular formula is C34H35ClF6N2O6. The Balaban J connectivity index is 1.63. The molecule has 1 N–H and O–H groups in total. The van der Waals surface area contributed by atoms with Crippen molar-refractivity contribution in [1.29, 1.82) is 0 Å². The number of methoxy groups -OCH3 is 1. The number of nitrogens with one attached hydrogen (secondary N) is 1. The molecule has 1 fully saturated rings. The fraction of sp³-hybridized carbons (Fsp3) is 0.412. The van der Waals surface area contributed by atoms with E-state index in [2.05, 4.69) is 14.8 Å². The van der Waals surface area contributed by atoms with Gasteiger partial charge in [0.25, 0.3) is 11.5 Å². The summed E-state index contributed by atoms with van der Waals surface area (Å²) in [4.78, 5) is 27.6. The van der Waals surface area contributed by atoms with Crippen molar-refractivity contribution in [3.05, 3.63) is 87.9 Å². The molecule has 266 valence electrons. The molecule has 1 heterocycles. The number of alkyl halides is 6. The fourth-order valence-electron chi connectivity index (χ4n) is 5.45. The fourth-order valence-corrected chi connectivity index (χ4v) is 5.63. The van der Waals surface area contributed by atoms with Crippen LogP contribution in [0.4, 0.5) is 31.1 Å². The highest BCUT2D eigenvalue weighted by Gasteiger charge is 2.73. The van der Waals surface area contributed by atoms with Crippen molar-refractivity contribution in [2.24, 2.45) is 0 Å². The van der Waals surface area contributed by atoms with Crippen LogP contribution in [0, 0.1) is 0 Å². The number of carbonyl (C=O) groups excluding carboxylic acids is 2. The lowest BCUT2D eigenvalue weighted by Crippen LogP contribution is -2.56. The highest BCUT2D eigenvalue weighted by Crippen LogP contribution is 2.53. The van der Waals surface area contributed by atoms with Crippen molar-refractivity contribution in [1.82, 2.24) is 10.2 Å². The van der Waals surface area contributed by atoms with Crippen molar-refractivity contribution < 1.29 is 54.9 Å². The molecular weight excluding hydrogens is 682 g/mol. The lowest BCUT2D eigenvalue weighted by Gasteiger charge is -2.37. The van der Waals surface area contributed by atoms with Crippen LogP contribution >= 0.6 is 11.6 Å². The summed E-state index contributed by atoms with van der Waals surface area (Å²) in [6.45, 7) is 5.47. The Kier molecular flexibility index (Phi) is 11.2. The second-order valence-corrected chi connectivity index (χ2v) is 12.2. The van der Waals surface area contributed by atoms with Crippen molar-refractivity contribution in [3.8, 4) is 17.2 Å². The van der Waals surface area contributed by atoms with Gasteiger partial charge in [-0.05, 0) is 86.3 Å². The smallest absolute Gasteiger partial charge is 0.430 e. The standard InChI is InChI=1S/C34H35ClF6N2O6/c1-6-7-21-16-24(32(33(36,37)38,34(39,40)41)47-19-46-5)10-15-28(21)49-26-13-14-27(35)22(17-26)18-43-29(44)31(4,42-30(43)45)23-8-11-25(12-9-23)48-20(2)3/h8-17,20H,6-7,18-19H2,1-5H3,(H,42,45). The molecule has 49 heavy (non-hydrogen) atoms. The molecule has 3 amide bonds. The van der Waals surface area contributed by atoms with Crippen molar-refractivity contribution in [2.45, 2.75) is 76.7 Å². The van der Waals surface area contributed by atoms with E-state index in [0.717, 1.165) is 24.1 Å². The summed E-state index contributed by atoms with van der Waals surface area (Å²) in [5.74, 6) is 0.132. The Bertz CT molecular complexity index is 1650. The van der Waals surface area contributed by atoms with Gasteiger partial charge in [0.15, 0.2) is 0 Å². The average molecular weight is 717 g/mol. The molecule has 8 nitrogen and oxygen atoms in total. The summed E-state index contributed by atoms with van der Waals surface area (Å²) in [6.07, 6.45) is -11.4. The first kappa shape index (κ1) is 37.8. The van der Waals surface area contributed by atoms with Gasteiger partial charge < -0.3 is 24.3 Å². The highest BCUT2D eigenvalue weighted by atomic mass is 35.5. The molecule has 3 aromatic carbocycles. The molecule has 4 rings (SSSR count). The van der Waals surface area contributed by atoms with E-state index in [-0.39, 0.29) is 41.2 Å². The topological polar surface area (TPSA) is 86.3 Å². The monoisotopic (exact) mass is 716 g/mol. The van der Waals surface area contributed by atoms with Crippen LogP contribution < -0.4 is 14.8 Å². The number of imide groups is 1. The van der Waals surface area contributed by atoms with Gasteiger partial charge in [-0.3, -0.25) is 9.69 Å². The van der Waals surface area contributed by atoms with Gasteiger partial charge in [-0.25, -0.2) is 4.79 Å². The first-order valence-corrected chi connectivity index (χ1v) is 15.5. The molecule has 3 aromatic rings. The Morgan fingerprint density at radius 1 is 0.898 bits per heavy atom. The Morgan fingerprint density at radius 2 is 1.53 bits per heavy atom. The SMILES string of the molecule is CCCc1cc(C(OCOC)(C(F)(F)F)C(F)(F)F)ccc1Oc1ccc(Cl)c(CN2C(=O)NC(C)(c3ccc(OC(C)C)cc3)C2=O)c1. The zero-order valence-electron chi connectivity index (χ0n) is 27.2. The third kappa shape index (κ3) is 7.60. The van der Waals surface area contributed by atoms with E-state index in [1.807, 2.05) is 13.8 Å². The maximum atomic E-state index is 14.1. The number of hydrogen-bond acceptors (Lipinski definition) is 6. The van der Waals surface area contributed by atoms with E-state index < -0.39 is 47.8 Å². The number of amides is 3. The first-order chi connectivity index (χ1) is 22.9. The molecule has 1 atom stereocenters. The number of carbonyl (C=O) groups is 2. The van der Waals surface area contributed by atoms with Gasteiger partial charge in [0.1, 0.15) is 29.6 Å². The molecule has 0 saturated carbocycles. The van der Waals surface area contributed by atoms with E-state index in [1.54, 1.807) is 38.1 Å². The molecule has 1 aliphatic rings. The van der Waals surface area contributed by atoms with Crippen LogP contribution in [0.3, 0.4) is 0 Å². The highest BCUT2D eigenvalue weighted by molar-refractivity contribution is 6.31. The maximum Gasteiger partial charge on any atom is 0.430 e. The van der Waals surface area contributed by atoms with E-state index >= 15 is 0 Å². The predicted octanol–water partition coefficient (Wildman–Crippen LogP) is 8.78. The third-order valence-electron chi connectivity index (χ3n) is 7.83. The quantitative estimate of drug-likeness (QED) is 0.108. The molecule has 0 spiro atoms. The van der Waals surface area contributed by atoms with Crippen LogP contribution in [0.2, 0.25) is 5.02 Å². The Hall–Kier alpha value is -4.01. The van der Waals surface area contributed by atoms with E-state index in [9.17, 15) is 35.9 Å². The van der Waals surface area contributed by atoms with Crippen molar-refractivity contribution in [3.63, 3.8) is 0 Å². The van der Waals surface area contributed by atoms with Crippen molar-refractivity contribution >= 4 is 23.5 Å². The second-order valence-electron chi connectivity index (χ2n) is 11.8. The summed E-state index contributed by atoms with van der Waals surface area (Å²) >= 11 is 6.42. The minimum absolute atomic E-state index is 0.0173. The number of ether oxygens (including phenoxy) is 4. The normalized spacial score (nSPS) is 17.1. The van der Waals surface area contributed by atoms with E-state index in [1.165, 1.54) is 18.2 Å². The molecule has 15 heteroatoms. The van der Waals surface area contributed by atoms with Crippen LogP contribution in [0.25, 0.3) is 0 Å². The van der Waals surface area contributed by atoms with Gasteiger partial charge in [-0.1, -0.05) is 43.1 Å². The van der Waals surface area contributed by atoms with Gasteiger partial charge in [0, 0.05) is 17.7 Å². The van der Waals surface area contributed by atoms with Gasteiger partial charge in [0.05, 0.1) is 12.6 Å². The minimum Gasteiger partial charge on any atom is -0.491 e. The molecule has 1 unspecified atom stereocenters. The number of hydrogen-bond donors (Lipinski definition) is 1. The van der Waals surface area contributed by atoms with Gasteiger partial charge >= 0.3 is 18.4 Å². The van der Waals surface area contributed by atoms with Gasteiger partial charge in [-0.15, -0.1) is 0 Å². The molecule has 0 aliphatic carbocycles. The summed E-state index contributed by atoms with van der Waals surface area (Å²) in [5, 5.41) is 2.89. The van der Waals surface area contributed by atoms with Crippen molar-refractivity contribution in [2.75, 3.05) is 13.9 Å². The molecule has 1 saturated heterocycles.